The van der Waals surface area contributed by atoms with E-state index in [2.05, 4.69) is 18.7 Å². The van der Waals surface area contributed by atoms with Crippen molar-refractivity contribution in [2.24, 2.45) is 0 Å². The highest BCUT2D eigenvalue weighted by molar-refractivity contribution is 5.94. The lowest BCUT2D eigenvalue weighted by Gasteiger charge is -2.35. The molecule has 2 unspecified atom stereocenters. The first-order valence-electron chi connectivity index (χ1n) is 8.24. The first-order valence-corrected chi connectivity index (χ1v) is 8.24. The van der Waals surface area contributed by atoms with Gasteiger partial charge in [0.1, 0.15) is 12.4 Å². The molecule has 0 aromatic heterocycles. The molecule has 1 aliphatic heterocycles. The number of nitrogens with zero attached hydrogens (tertiary/aromatic N) is 1. The zero-order chi connectivity index (χ0) is 16.7. The molecular formula is C18H27NO4. The molecule has 1 aromatic carbocycles. The Hall–Kier alpha value is -1.43. The largest absolute Gasteiger partial charge is 0.491 e. The van der Waals surface area contributed by atoms with Crippen LogP contribution in [-0.2, 0) is 9.47 Å². The fourth-order valence-corrected chi connectivity index (χ4v) is 2.79. The summed E-state index contributed by atoms with van der Waals surface area (Å²) < 4.78 is 17.0. The molecular weight excluding hydrogens is 294 g/mol. The topological polar surface area (TPSA) is 48.0 Å². The van der Waals surface area contributed by atoms with Gasteiger partial charge in [-0.05, 0) is 32.9 Å². The SMILES string of the molecule is CC(=O)c1cccc(OCCOCCN2CC(C)OC(C)C2)c1. The quantitative estimate of drug-likeness (QED) is 0.543. The van der Waals surface area contributed by atoms with Crippen molar-refractivity contribution < 1.29 is 19.0 Å². The normalized spacial score (nSPS) is 22.0. The molecule has 2 atom stereocenters. The van der Waals surface area contributed by atoms with Crippen molar-refractivity contribution in [3.8, 4) is 5.75 Å². The Kier molecular flexibility index (Phi) is 7.02. The summed E-state index contributed by atoms with van der Waals surface area (Å²) in [4.78, 5) is 13.7. The third-order valence-electron chi connectivity index (χ3n) is 3.78. The van der Waals surface area contributed by atoms with Crippen LogP contribution in [0.1, 0.15) is 31.1 Å². The molecule has 5 heteroatoms. The van der Waals surface area contributed by atoms with Crippen molar-refractivity contribution in [3.05, 3.63) is 29.8 Å². The first-order chi connectivity index (χ1) is 11.0. The number of rotatable bonds is 8. The lowest BCUT2D eigenvalue weighted by Crippen LogP contribution is -2.46. The molecule has 1 aliphatic rings. The summed E-state index contributed by atoms with van der Waals surface area (Å²) in [5.74, 6) is 0.748. The molecule has 0 bridgehead atoms. The smallest absolute Gasteiger partial charge is 0.159 e. The number of ether oxygens (including phenoxy) is 3. The van der Waals surface area contributed by atoms with Gasteiger partial charge >= 0.3 is 0 Å². The first kappa shape index (κ1) is 17.9. The zero-order valence-electron chi connectivity index (χ0n) is 14.3. The van der Waals surface area contributed by atoms with E-state index in [0.29, 0.717) is 31.1 Å². The second-order valence-electron chi connectivity index (χ2n) is 6.06. The number of carbonyl (C=O) groups excluding carboxylic acids is 1. The van der Waals surface area contributed by atoms with E-state index in [9.17, 15) is 4.79 Å². The molecule has 5 nitrogen and oxygen atoms in total. The summed E-state index contributed by atoms with van der Waals surface area (Å²) in [5, 5.41) is 0. The molecule has 0 N–H and O–H groups in total. The van der Waals surface area contributed by atoms with Gasteiger partial charge in [0.2, 0.25) is 0 Å². The van der Waals surface area contributed by atoms with Crippen molar-refractivity contribution in [2.75, 3.05) is 39.5 Å². The zero-order valence-corrected chi connectivity index (χ0v) is 14.3. The molecule has 23 heavy (non-hydrogen) atoms. The van der Waals surface area contributed by atoms with Gasteiger partial charge < -0.3 is 14.2 Å². The standard InChI is InChI=1S/C18H27NO4/c1-14-12-19(13-15(2)23-14)7-8-21-9-10-22-18-6-4-5-17(11-18)16(3)20/h4-6,11,14-15H,7-10,12-13H2,1-3H3. The maximum absolute atomic E-state index is 11.3. The minimum absolute atomic E-state index is 0.0423. The third-order valence-corrected chi connectivity index (χ3v) is 3.78. The van der Waals surface area contributed by atoms with Crippen LogP contribution in [0.25, 0.3) is 0 Å². The second-order valence-corrected chi connectivity index (χ2v) is 6.06. The number of carbonyl (C=O) groups is 1. The van der Waals surface area contributed by atoms with E-state index >= 15 is 0 Å². The van der Waals surface area contributed by atoms with Gasteiger partial charge in [-0.1, -0.05) is 12.1 Å². The summed E-state index contributed by atoms with van der Waals surface area (Å²) >= 11 is 0. The van der Waals surface area contributed by atoms with Crippen LogP contribution < -0.4 is 4.74 Å². The van der Waals surface area contributed by atoms with E-state index in [1.165, 1.54) is 0 Å². The number of ketones is 1. The number of morpholine rings is 1. The number of Topliss-reactive ketones (excluding diaryl/α,β-unsaturated/α-hetero) is 1. The van der Waals surface area contributed by atoms with Crippen molar-refractivity contribution in [2.45, 2.75) is 33.0 Å². The van der Waals surface area contributed by atoms with Crippen molar-refractivity contribution in [1.29, 1.82) is 0 Å². The van der Waals surface area contributed by atoms with E-state index in [4.69, 9.17) is 14.2 Å². The number of hydrogen-bond donors (Lipinski definition) is 0. The molecule has 0 spiro atoms. The van der Waals surface area contributed by atoms with E-state index in [-0.39, 0.29) is 18.0 Å². The predicted molar refractivity (Wildman–Crippen MR) is 89.2 cm³/mol. The molecule has 0 radical (unpaired) electrons. The molecule has 1 heterocycles. The molecule has 1 fully saturated rings. The summed E-state index contributed by atoms with van der Waals surface area (Å²) in [5.41, 5.74) is 0.666. The van der Waals surface area contributed by atoms with Crippen LogP contribution in [0.5, 0.6) is 5.75 Å². The highest BCUT2D eigenvalue weighted by Gasteiger charge is 2.21. The highest BCUT2D eigenvalue weighted by Crippen LogP contribution is 2.13. The highest BCUT2D eigenvalue weighted by atomic mass is 16.5. The lowest BCUT2D eigenvalue weighted by molar-refractivity contribution is -0.0734. The van der Waals surface area contributed by atoms with Crippen LogP contribution in [-0.4, -0.2) is 62.3 Å². The minimum atomic E-state index is 0.0423. The van der Waals surface area contributed by atoms with Gasteiger partial charge in [-0.25, -0.2) is 0 Å². The summed E-state index contributed by atoms with van der Waals surface area (Å²) in [6.45, 7) is 10.3. The Morgan fingerprint density at radius 3 is 2.65 bits per heavy atom. The van der Waals surface area contributed by atoms with Crippen LogP contribution in [0.2, 0.25) is 0 Å². The molecule has 2 rings (SSSR count). The third kappa shape index (κ3) is 6.29. The van der Waals surface area contributed by atoms with Crippen LogP contribution >= 0.6 is 0 Å². The van der Waals surface area contributed by atoms with Gasteiger partial charge in [0.15, 0.2) is 5.78 Å². The van der Waals surface area contributed by atoms with Gasteiger partial charge in [0.05, 0.1) is 25.4 Å². The predicted octanol–water partition coefficient (Wildman–Crippen LogP) is 2.39. The van der Waals surface area contributed by atoms with Gasteiger partial charge in [0, 0.05) is 25.2 Å². The molecule has 128 valence electrons. The van der Waals surface area contributed by atoms with Crippen LogP contribution in [0.15, 0.2) is 24.3 Å². The molecule has 0 amide bonds. The van der Waals surface area contributed by atoms with E-state index < -0.39 is 0 Å². The van der Waals surface area contributed by atoms with Crippen LogP contribution in [0, 0.1) is 0 Å². The second kappa shape index (κ2) is 9.01. The molecule has 1 saturated heterocycles. The molecule has 1 aromatic rings. The Morgan fingerprint density at radius 2 is 1.96 bits per heavy atom. The average molecular weight is 321 g/mol. The summed E-state index contributed by atoms with van der Waals surface area (Å²) in [6.07, 6.45) is 0.575. The average Bonchev–Trinajstić information content (AvgIpc) is 2.50. The van der Waals surface area contributed by atoms with Gasteiger partial charge in [-0.3, -0.25) is 9.69 Å². The van der Waals surface area contributed by atoms with E-state index in [1.807, 2.05) is 12.1 Å². The van der Waals surface area contributed by atoms with E-state index in [0.717, 1.165) is 19.6 Å². The van der Waals surface area contributed by atoms with Crippen molar-refractivity contribution in [3.63, 3.8) is 0 Å². The fraction of sp³-hybridized carbons (Fsp3) is 0.611. The Labute approximate surface area is 138 Å². The molecule has 0 aliphatic carbocycles. The Morgan fingerprint density at radius 1 is 1.22 bits per heavy atom. The van der Waals surface area contributed by atoms with Crippen LogP contribution in [0.3, 0.4) is 0 Å². The molecule has 0 saturated carbocycles. The van der Waals surface area contributed by atoms with Gasteiger partial charge in [-0.2, -0.15) is 0 Å². The number of benzene rings is 1. The maximum Gasteiger partial charge on any atom is 0.159 e. The number of hydrogen-bond acceptors (Lipinski definition) is 5. The van der Waals surface area contributed by atoms with Crippen molar-refractivity contribution in [1.82, 2.24) is 4.90 Å². The van der Waals surface area contributed by atoms with Crippen molar-refractivity contribution >= 4 is 5.78 Å². The Balaban J connectivity index is 1.59. The van der Waals surface area contributed by atoms with Gasteiger partial charge in [-0.15, -0.1) is 0 Å². The minimum Gasteiger partial charge on any atom is -0.491 e. The van der Waals surface area contributed by atoms with Gasteiger partial charge in [0.25, 0.3) is 0 Å². The Bertz CT molecular complexity index is 496. The monoisotopic (exact) mass is 321 g/mol. The fourth-order valence-electron chi connectivity index (χ4n) is 2.79. The van der Waals surface area contributed by atoms with Crippen LogP contribution in [0.4, 0.5) is 0 Å². The summed E-state index contributed by atoms with van der Waals surface area (Å²) in [7, 11) is 0. The summed E-state index contributed by atoms with van der Waals surface area (Å²) in [6, 6.07) is 7.23. The maximum atomic E-state index is 11.3. The van der Waals surface area contributed by atoms with E-state index in [1.54, 1.807) is 19.1 Å². The lowest BCUT2D eigenvalue weighted by atomic mass is 10.1.